The first-order valence-corrected chi connectivity index (χ1v) is 12.3. The molecule has 0 aliphatic carbocycles. The molecule has 0 spiro atoms. The number of halogens is 1. The SMILES string of the molecule is CC1COP(=O)(Cc2ccc(NC(=O)/C=C/c3cnn(C)c3-c3ccc(F)cc3)cc2)OC1. The van der Waals surface area contributed by atoms with Crippen molar-refractivity contribution >= 4 is 25.3 Å². The normalized spacial score (nSPS) is 20.8. The minimum Gasteiger partial charge on any atom is -0.323 e. The third-order valence-corrected chi connectivity index (χ3v) is 7.05. The summed E-state index contributed by atoms with van der Waals surface area (Å²) in [5, 5.41) is 7.04. The number of benzene rings is 2. The van der Waals surface area contributed by atoms with Gasteiger partial charge in [0.2, 0.25) is 5.91 Å². The number of hydrogen-bond donors (Lipinski definition) is 1. The van der Waals surface area contributed by atoms with Gasteiger partial charge in [0.25, 0.3) is 0 Å². The zero-order valence-electron chi connectivity index (χ0n) is 18.4. The molecule has 1 N–H and O–H groups in total. The molecule has 1 fully saturated rings. The van der Waals surface area contributed by atoms with Crippen LogP contribution < -0.4 is 5.32 Å². The van der Waals surface area contributed by atoms with E-state index in [0.717, 1.165) is 22.4 Å². The van der Waals surface area contributed by atoms with Crippen LogP contribution in [0, 0.1) is 11.7 Å². The van der Waals surface area contributed by atoms with Gasteiger partial charge in [0.1, 0.15) is 5.82 Å². The second-order valence-electron chi connectivity index (χ2n) is 8.06. The molecule has 0 radical (unpaired) electrons. The van der Waals surface area contributed by atoms with E-state index in [4.69, 9.17) is 9.05 Å². The molecule has 4 rings (SSSR count). The zero-order chi connectivity index (χ0) is 23.4. The number of anilines is 1. The minimum absolute atomic E-state index is 0.195. The van der Waals surface area contributed by atoms with E-state index < -0.39 is 7.60 Å². The van der Waals surface area contributed by atoms with Gasteiger partial charge >= 0.3 is 7.60 Å². The predicted octanol–water partition coefficient (Wildman–Crippen LogP) is 5.25. The Labute approximate surface area is 191 Å². The quantitative estimate of drug-likeness (QED) is 0.394. The van der Waals surface area contributed by atoms with E-state index in [9.17, 15) is 13.8 Å². The van der Waals surface area contributed by atoms with Crippen molar-refractivity contribution in [3.63, 3.8) is 0 Å². The van der Waals surface area contributed by atoms with E-state index in [1.165, 1.54) is 18.2 Å². The summed E-state index contributed by atoms with van der Waals surface area (Å²) < 4.78 is 38.4. The summed E-state index contributed by atoms with van der Waals surface area (Å²) in [6.07, 6.45) is 4.93. The van der Waals surface area contributed by atoms with Crippen molar-refractivity contribution in [1.82, 2.24) is 9.78 Å². The van der Waals surface area contributed by atoms with E-state index in [1.54, 1.807) is 60.4 Å². The van der Waals surface area contributed by atoms with Crippen LogP contribution in [0.4, 0.5) is 10.1 Å². The van der Waals surface area contributed by atoms with Crippen LogP contribution in [0.1, 0.15) is 18.1 Å². The molecule has 0 saturated carbocycles. The third kappa shape index (κ3) is 5.85. The summed E-state index contributed by atoms with van der Waals surface area (Å²) in [4.78, 5) is 12.4. The maximum atomic E-state index is 13.2. The zero-order valence-corrected chi connectivity index (χ0v) is 19.3. The van der Waals surface area contributed by atoms with E-state index >= 15 is 0 Å². The maximum Gasteiger partial charge on any atom is 0.335 e. The first-order valence-electron chi connectivity index (χ1n) is 10.6. The van der Waals surface area contributed by atoms with Crippen molar-refractivity contribution in [1.29, 1.82) is 0 Å². The van der Waals surface area contributed by atoms with Crippen LogP contribution in [0.25, 0.3) is 17.3 Å². The molecule has 1 amide bonds. The Morgan fingerprint density at radius 3 is 2.52 bits per heavy atom. The van der Waals surface area contributed by atoms with Crippen LogP contribution in [0.2, 0.25) is 0 Å². The molecular formula is C24H25FN3O4P. The second kappa shape index (κ2) is 9.83. The number of aromatic nitrogens is 2. The summed E-state index contributed by atoms with van der Waals surface area (Å²) in [7, 11) is -1.33. The summed E-state index contributed by atoms with van der Waals surface area (Å²) in [6.45, 7) is 2.84. The molecule has 0 bridgehead atoms. The number of carbonyl (C=O) groups is 1. The number of nitrogens with one attached hydrogen (secondary N) is 1. The van der Waals surface area contributed by atoms with Crippen LogP contribution in [0.3, 0.4) is 0 Å². The minimum atomic E-state index is -3.12. The molecule has 1 aromatic heterocycles. The highest BCUT2D eigenvalue weighted by atomic mass is 31.2. The number of aryl methyl sites for hydroxylation is 1. The molecule has 172 valence electrons. The van der Waals surface area contributed by atoms with E-state index in [1.807, 2.05) is 6.92 Å². The van der Waals surface area contributed by atoms with Gasteiger partial charge in [0, 0.05) is 35.9 Å². The molecule has 1 aliphatic rings. The van der Waals surface area contributed by atoms with E-state index in [0.29, 0.717) is 18.9 Å². The monoisotopic (exact) mass is 469 g/mol. The first kappa shape index (κ1) is 23.1. The lowest BCUT2D eigenvalue weighted by Crippen LogP contribution is -2.18. The number of rotatable bonds is 6. The van der Waals surface area contributed by atoms with Crippen molar-refractivity contribution in [2.45, 2.75) is 13.1 Å². The average Bonchev–Trinajstić information content (AvgIpc) is 3.17. The fraction of sp³-hybridized carbons (Fsp3) is 0.250. The van der Waals surface area contributed by atoms with Gasteiger partial charge in [-0.25, -0.2) is 4.39 Å². The predicted molar refractivity (Wildman–Crippen MR) is 125 cm³/mol. The standard InChI is InChI=1S/C24H25FN3O4P/c1-17-14-31-33(30,32-15-17)16-18-3-10-22(11-4-18)27-23(29)12-7-20-13-26-28(2)24(20)19-5-8-21(25)9-6-19/h3-13,17H,14-16H2,1-2H3,(H,27,29)/b12-7+. The molecule has 0 unspecified atom stereocenters. The van der Waals surface area contributed by atoms with E-state index in [2.05, 4.69) is 10.4 Å². The van der Waals surface area contributed by atoms with Crippen LogP contribution >= 0.6 is 7.60 Å². The largest absolute Gasteiger partial charge is 0.335 e. The van der Waals surface area contributed by atoms with Gasteiger partial charge in [0.15, 0.2) is 0 Å². The van der Waals surface area contributed by atoms with Crippen molar-refractivity contribution < 1.29 is 22.8 Å². The lowest BCUT2D eigenvalue weighted by Gasteiger charge is -2.27. The topological polar surface area (TPSA) is 82.5 Å². The Morgan fingerprint density at radius 1 is 1.18 bits per heavy atom. The van der Waals surface area contributed by atoms with Crippen LogP contribution in [0.5, 0.6) is 0 Å². The molecule has 2 heterocycles. The smallest absolute Gasteiger partial charge is 0.323 e. The lowest BCUT2D eigenvalue weighted by molar-refractivity contribution is -0.111. The lowest BCUT2D eigenvalue weighted by atomic mass is 10.1. The van der Waals surface area contributed by atoms with Gasteiger partial charge in [-0.3, -0.25) is 14.0 Å². The van der Waals surface area contributed by atoms with Gasteiger partial charge in [0.05, 0.1) is 31.3 Å². The summed E-state index contributed by atoms with van der Waals surface area (Å²) in [5.74, 6) is -0.391. The summed E-state index contributed by atoms with van der Waals surface area (Å²) in [5.41, 5.74) is 3.73. The molecule has 33 heavy (non-hydrogen) atoms. The summed E-state index contributed by atoms with van der Waals surface area (Å²) >= 11 is 0. The third-order valence-electron chi connectivity index (χ3n) is 5.21. The molecule has 9 heteroatoms. The van der Waals surface area contributed by atoms with Gasteiger partial charge in [-0.05, 0) is 48.0 Å². The first-order chi connectivity index (χ1) is 15.8. The van der Waals surface area contributed by atoms with Crippen LogP contribution in [-0.2, 0) is 31.6 Å². The molecule has 2 aromatic carbocycles. The highest BCUT2D eigenvalue weighted by Gasteiger charge is 2.30. The maximum absolute atomic E-state index is 13.2. The van der Waals surface area contributed by atoms with E-state index in [-0.39, 0.29) is 23.8 Å². The Kier molecular flexibility index (Phi) is 6.88. The number of carbonyl (C=O) groups excluding carboxylic acids is 1. The number of nitrogens with zero attached hydrogens (tertiary/aromatic N) is 2. The molecule has 1 saturated heterocycles. The Hall–Kier alpha value is -3.06. The molecule has 1 aliphatic heterocycles. The Balaban J connectivity index is 1.38. The van der Waals surface area contributed by atoms with Gasteiger partial charge < -0.3 is 14.4 Å². The molecule has 7 nitrogen and oxygen atoms in total. The van der Waals surface area contributed by atoms with Gasteiger partial charge in [-0.2, -0.15) is 5.10 Å². The average molecular weight is 469 g/mol. The highest BCUT2D eigenvalue weighted by molar-refractivity contribution is 7.53. The Morgan fingerprint density at radius 2 is 1.85 bits per heavy atom. The Bertz CT molecular complexity index is 1190. The number of amides is 1. The molecule has 0 atom stereocenters. The summed E-state index contributed by atoms with van der Waals surface area (Å²) in [6, 6.07) is 13.2. The van der Waals surface area contributed by atoms with Crippen molar-refractivity contribution in [2.75, 3.05) is 18.5 Å². The molecular weight excluding hydrogens is 444 g/mol. The van der Waals surface area contributed by atoms with Crippen molar-refractivity contribution in [2.24, 2.45) is 13.0 Å². The fourth-order valence-electron chi connectivity index (χ4n) is 3.46. The van der Waals surface area contributed by atoms with Crippen molar-refractivity contribution in [3.8, 4) is 11.3 Å². The molecule has 3 aromatic rings. The van der Waals surface area contributed by atoms with Crippen molar-refractivity contribution in [3.05, 3.63) is 77.7 Å². The number of hydrogen-bond acceptors (Lipinski definition) is 5. The van der Waals surface area contributed by atoms with Crippen LogP contribution in [0.15, 0.2) is 60.8 Å². The van der Waals surface area contributed by atoms with Gasteiger partial charge in [-0.15, -0.1) is 0 Å². The highest BCUT2D eigenvalue weighted by Crippen LogP contribution is 2.54. The fourth-order valence-corrected chi connectivity index (χ4v) is 5.34. The van der Waals surface area contributed by atoms with Gasteiger partial charge in [-0.1, -0.05) is 19.1 Å². The van der Waals surface area contributed by atoms with Crippen LogP contribution in [-0.4, -0.2) is 28.9 Å². The second-order valence-corrected chi connectivity index (χ2v) is 10.1.